The van der Waals surface area contributed by atoms with Crippen LogP contribution in [0.15, 0.2) is 36.3 Å². The smallest absolute Gasteiger partial charge is 0.328 e. The SMILES string of the molecule is O=C(O)C=C1C=COC=C1. The van der Waals surface area contributed by atoms with Crippen LogP contribution in [0.5, 0.6) is 0 Å². The molecule has 1 heterocycles. The molecule has 0 amide bonds. The third-order valence-corrected chi connectivity index (χ3v) is 0.968. The third kappa shape index (κ3) is 1.78. The van der Waals surface area contributed by atoms with E-state index in [0.717, 1.165) is 6.08 Å². The molecule has 0 aromatic rings. The largest absolute Gasteiger partial charge is 0.478 e. The minimum Gasteiger partial charge on any atom is -0.478 e. The molecule has 1 aliphatic heterocycles. The van der Waals surface area contributed by atoms with Gasteiger partial charge in [-0.15, -0.1) is 0 Å². The highest BCUT2D eigenvalue weighted by atomic mass is 16.5. The van der Waals surface area contributed by atoms with Gasteiger partial charge in [0.25, 0.3) is 0 Å². The van der Waals surface area contributed by atoms with Gasteiger partial charge in [-0.2, -0.15) is 0 Å². The van der Waals surface area contributed by atoms with E-state index in [1.165, 1.54) is 12.5 Å². The first-order chi connectivity index (χ1) is 4.79. The molecule has 0 saturated heterocycles. The molecule has 3 heteroatoms. The van der Waals surface area contributed by atoms with Crippen molar-refractivity contribution in [3.05, 3.63) is 36.3 Å². The molecule has 0 aliphatic carbocycles. The molecule has 0 unspecified atom stereocenters. The maximum atomic E-state index is 10.1. The topological polar surface area (TPSA) is 46.5 Å². The van der Waals surface area contributed by atoms with Gasteiger partial charge in [0.15, 0.2) is 0 Å². The zero-order valence-corrected chi connectivity index (χ0v) is 5.15. The van der Waals surface area contributed by atoms with Crippen molar-refractivity contribution in [2.45, 2.75) is 0 Å². The summed E-state index contributed by atoms with van der Waals surface area (Å²) in [7, 11) is 0. The first-order valence-corrected chi connectivity index (χ1v) is 2.72. The summed E-state index contributed by atoms with van der Waals surface area (Å²) in [5.41, 5.74) is 0.624. The Kier molecular flexibility index (Phi) is 1.89. The summed E-state index contributed by atoms with van der Waals surface area (Å²) < 4.78 is 4.69. The molecule has 0 atom stereocenters. The molecule has 0 spiro atoms. The molecule has 0 fully saturated rings. The summed E-state index contributed by atoms with van der Waals surface area (Å²) in [4.78, 5) is 10.1. The van der Waals surface area contributed by atoms with Crippen LogP contribution in [0.1, 0.15) is 0 Å². The Morgan fingerprint density at radius 2 is 2.10 bits per heavy atom. The van der Waals surface area contributed by atoms with Crippen LogP contribution in [-0.2, 0) is 9.53 Å². The second-order valence-corrected chi connectivity index (χ2v) is 1.72. The fraction of sp³-hybridized carbons (Fsp3) is 0. The van der Waals surface area contributed by atoms with E-state index in [4.69, 9.17) is 5.11 Å². The number of rotatable bonds is 1. The van der Waals surface area contributed by atoms with E-state index in [9.17, 15) is 4.79 Å². The van der Waals surface area contributed by atoms with Crippen LogP contribution < -0.4 is 0 Å². The molecule has 0 saturated carbocycles. The second-order valence-electron chi connectivity index (χ2n) is 1.72. The van der Waals surface area contributed by atoms with Crippen LogP contribution >= 0.6 is 0 Å². The lowest BCUT2D eigenvalue weighted by Gasteiger charge is -1.97. The van der Waals surface area contributed by atoms with Gasteiger partial charge in [0.05, 0.1) is 12.5 Å². The van der Waals surface area contributed by atoms with Crippen molar-refractivity contribution in [3.8, 4) is 0 Å². The molecular weight excluding hydrogens is 132 g/mol. The van der Waals surface area contributed by atoms with Crippen LogP contribution in [0.4, 0.5) is 0 Å². The number of hydrogen-bond donors (Lipinski definition) is 1. The number of carboxylic acid groups (broad SMARTS) is 1. The second kappa shape index (κ2) is 2.87. The van der Waals surface area contributed by atoms with Crippen LogP contribution in [0.2, 0.25) is 0 Å². The van der Waals surface area contributed by atoms with Crippen LogP contribution in [0, 0.1) is 0 Å². The minimum absolute atomic E-state index is 0.624. The molecular formula is C7H6O3. The van der Waals surface area contributed by atoms with E-state index in [2.05, 4.69) is 4.74 Å². The third-order valence-electron chi connectivity index (χ3n) is 0.968. The van der Waals surface area contributed by atoms with Crippen molar-refractivity contribution in [2.75, 3.05) is 0 Å². The summed E-state index contributed by atoms with van der Waals surface area (Å²) in [5.74, 6) is -0.953. The molecule has 52 valence electrons. The standard InChI is InChI=1S/C7H6O3/c8-7(9)5-6-1-3-10-4-2-6/h1-5H,(H,8,9). The summed E-state index contributed by atoms with van der Waals surface area (Å²) in [5, 5.41) is 8.28. The van der Waals surface area contributed by atoms with E-state index >= 15 is 0 Å². The number of aliphatic carboxylic acids is 1. The maximum Gasteiger partial charge on any atom is 0.328 e. The van der Waals surface area contributed by atoms with Gasteiger partial charge in [-0.3, -0.25) is 0 Å². The number of ether oxygens (including phenoxy) is 1. The molecule has 10 heavy (non-hydrogen) atoms. The molecule has 1 N–H and O–H groups in total. The van der Waals surface area contributed by atoms with E-state index in [-0.39, 0.29) is 0 Å². The lowest BCUT2D eigenvalue weighted by Crippen LogP contribution is -1.90. The van der Waals surface area contributed by atoms with Crippen molar-refractivity contribution in [1.29, 1.82) is 0 Å². The molecule has 0 aromatic carbocycles. The van der Waals surface area contributed by atoms with Crippen molar-refractivity contribution < 1.29 is 14.6 Å². The van der Waals surface area contributed by atoms with Gasteiger partial charge in [-0.05, 0) is 17.7 Å². The minimum atomic E-state index is -0.953. The Labute approximate surface area is 57.9 Å². The van der Waals surface area contributed by atoms with Crippen molar-refractivity contribution in [2.24, 2.45) is 0 Å². The maximum absolute atomic E-state index is 10.1. The lowest BCUT2D eigenvalue weighted by atomic mass is 10.2. The Hall–Kier alpha value is -1.51. The monoisotopic (exact) mass is 138 g/mol. The summed E-state index contributed by atoms with van der Waals surface area (Å²) in [6, 6.07) is 0. The zero-order chi connectivity index (χ0) is 7.40. The lowest BCUT2D eigenvalue weighted by molar-refractivity contribution is -0.131. The Bertz CT molecular complexity index is 209. The summed E-state index contributed by atoms with van der Waals surface area (Å²) in [6.07, 6.45) is 7.11. The number of carbonyl (C=O) groups is 1. The van der Waals surface area contributed by atoms with Gasteiger partial charge >= 0.3 is 5.97 Å². The number of hydrogen-bond acceptors (Lipinski definition) is 2. The van der Waals surface area contributed by atoms with E-state index in [1.807, 2.05) is 0 Å². The van der Waals surface area contributed by atoms with Gasteiger partial charge in [-0.25, -0.2) is 4.79 Å². The Morgan fingerprint density at radius 1 is 1.50 bits per heavy atom. The highest BCUT2D eigenvalue weighted by Crippen LogP contribution is 2.04. The van der Waals surface area contributed by atoms with Gasteiger partial charge < -0.3 is 9.84 Å². The highest BCUT2D eigenvalue weighted by Gasteiger charge is 1.94. The van der Waals surface area contributed by atoms with Gasteiger partial charge in [0.2, 0.25) is 0 Å². The molecule has 1 aliphatic rings. The van der Waals surface area contributed by atoms with Gasteiger partial charge in [0.1, 0.15) is 0 Å². The highest BCUT2D eigenvalue weighted by molar-refractivity contribution is 5.82. The molecule has 0 bridgehead atoms. The van der Waals surface area contributed by atoms with Crippen LogP contribution in [0.3, 0.4) is 0 Å². The van der Waals surface area contributed by atoms with Crippen molar-refractivity contribution in [3.63, 3.8) is 0 Å². The normalized spacial score (nSPS) is 14.6. The quantitative estimate of drug-likeness (QED) is 0.551. The predicted molar refractivity (Wildman–Crippen MR) is 35.1 cm³/mol. The van der Waals surface area contributed by atoms with Crippen molar-refractivity contribution >= 4 is 5.97 Å². The first-order valence-electron chi connectivity index (χ1n) is 2.72. The summed E-state index contributed by atoms with van der Waals surface area (Å²) >= 11 is 0. The fourth-order valence-corrected chi connectivity index (χ4v) is 0.575. The van der Waals surface area contributed by atoms with Gasteiger partial charge in [0, 0.05) is 6.08 Å². The Morgan fingerprint density at radius 3 is 2.60 bits per heavy atom. The van der Waals surface area contributed by atoms with E-state index < -0.39 is 5.97 Å². The predicted octanol–water partition coefficient (Wildman–Crippen LogP) is 1.06. The van der Waals surface area contributed by atoms with Crippen LogP contribution in [-0.4, -0.2) is 11.1 Å². The zero-order valence-electron chi connectivity index (χ0n) is 5.15. The molecule has 1 rings (SSSR count). The fourth-order valence-electron chi connectivity index (χ4n) is 0.575. The summed E-state index contributed by atoms with van der Waals surface area (Å²) in [6.45, 7) is 0. The average Bonchev–Trinajstić information content (AvgIpc) is 1.88. The molecule has 0 aromatic heterocycles. The number of carboxylic acids is 1. The van der Waals surface area contributed by atoms with Gasteiger partial charge in [-0.1, -0.05) is 0 Å². The molecule has 3 nitrogen and oxygen atoms in total. The average molecular weight is 138 g/mol. The van der Waals surface area contributed by atoms with E-state index in [0.29, 0.717) is 5.57 Å². The van der Waals surface area contributed by atoms with Crippen LogP contribution in [0.25, 0.3) is 0 Å². The first kappa shape index (κ1) is 6.61. The molecule has 0 radical (unpaired) electrons. The number of allylic oxidation sites excluding steroid dienone is 3. The Balaban J connectivity index is 2.71. The van der Waals surface area contributed by atoms with E-state index in [1.54, 1.807) is 12.2 Å². The van der Waals surface area contributed by atoms with Crippen molar-refractivity contribution in [1.82, 2.24) is 0 Å².